The van der Waals surface area contributed by atoms with E-state index in [1.165, 1.54) is 32.1 Å². The maximum Gasteiger partial charge on any atom is 0.0700 e. The molecule has 1 aliphatic carbocycles. The molecule has 2 atom stereocenters. The van der Waals surface area contributed by atoms with Crippen LogP contribution in [0.25, 0.3) is 0 Å². The summed E-state index contributed by atoms with van der Waals surface area (Å²) in [6.07, 6.45) is 7.95. The zero-order valence-corrected chi connectivity index (χ0v) is 14.0. The van der Waals surface area contributed by atoms with Gasteiger partial charge in [-0.15, -0.1) is 0 Å². The van der Waals surface area contributed by atoms with E-state index < -0.39 is 0 Å². The molecule has 0 aromatic rings. The van der Waals surface area contributed by atoms with Crippen molar-refractivity contribution in [2.75, 3.05) is 33.5 Å². The molecule has 1 N–H and O–H groups in total. The fraction of sp³-hybridized carbons (Fsp3) is 1.00. The smallest absolute Gasteiger partial charge is 0.0700 e. The van der Waals surface area contributed by atoms with Gasteiger partial charge in [0, 0.05) is 19.8 Å². The molecule has 0 aromatic carbocycles. The van der Waals surface area contributed by atoms with Crippen molar-refractivity contribution in [1.29, 1.82) is 0 Å². The average molecular weight is 285 g/mol. The Morgan fingerprint density at radius 1 is 1.00 bits per heavy atom. The highest BCUT2D eigenvalue weighted by Gasteiger charge is 2.27. The summed E-state index contributed by atoms with van der Waals surface area (Å²) >= 11 is 0. The standard InChI is InChI=1S/C17H35NO2/c1-17(2,3)15-7-5-8-16(10-9-15)18-11-6-12-20-14-13-19-4/h15-16,18H,5-14H2,1-4H3. The molecule has 0 heterocycles. The lowest BCUT2D eigenvalue weighted by molar-refractivity contribution is 0.0692. The third kappa shape index (κ3) is 7.61. The Bertz CT molecular complexity index is 238. The van der Waals surface area contributed by atoms with E-state index in [4.69, 9.17) is 9.47 Å². The van der Waals surface area contributed by atoms with Crippen molar-refractivity contribution in [3.63, 3.8) is 0 Å². The Hall–Kier alpha value is -0.120. The molecule has 2 unspecified atom stereocenters. The van der Waals surface area contributed by atoms with E-state index in [0.29, 0.717) is 18.6 Å². The summed E-state index contributed by atoms with van der Waals surface area (Å²) < 4.78 is 10.4. The second kappa shape index (κ2) is 9.75. The first-order chi connectivity index (χ1) is 9.54. The fourth-order valence-corrected chi connectivity index (χ4v) is 3.10. The number of hydrogen-bond donors (Lipinski definition) is 1. The molecule has 20 heavy (non-hydrogen) atoms. The summed E-state index contributed by atoms with van der Waals surface area (Å²) in [5.41, 5.74) is 0.476. The summed E-state index contributed by atoms with van der Waals surface area (Å²) in [4.78, 5) is 0. The van der Waals surface area contributed by atoms with Gasteiger partial charge in [0.2, 0.25) is 0 Å². The molecule has 1 saturated carbocycles. The van der Waals surface area contributed by atoms with Crippen molar-refractivity contribution in [3.05, 3.63) is 0 Å². The van der Waals surface area contributed by atoms with Gasteiger partial charge in [-0.25, -0.2) is 0 Å². The van der Waals surface area contributed by atoms with Gasteiger partial charge in [0.1, 0.15) is 0 Å². The van der Waals surface area contributed by atoms with Gasteiger partial charge in [-0.1, -0.05) is 27.2 Å². The molecule has 0 spiro atoms. The lowest BCUT2D eigenvalue weighted by Gasteiger charge is -2.29. The van der Waals surface area contributed by atoms with Gasteiger partial charge >= 0.3 is 0 Å². The van der Waals surface area contributed by atoms with E-state index in [9.17, 15) is 0 Å². The minimum Gasteiger partial charge on any atom is -0.382 e. The second-order valence-electron chi connectivity index (χ2n) is 7.18. The maximum absolute atomic E-state index is 5.48. The van der Waals surface area contributed by atoms with Crippen molar-refractivity contribution in [3.8, 4) is 0 Å². The first-order valence-corrected chi connectivity index (χ1v) is 8.34. The van der Waals surface area contributed by atoms with Crippen molar-refractivity contribution < 1.29 is 9.47 Å². The molecular weight excluding hydrogens is 250 g/mol. The molecule has 120 valence electrons. The Labute approximate surface area is 125 Å². The highest BCUT2D eigenvalue weighted by atomic mass is 16.5. The highest BCUT2D eigenvalue weighted by molar-refractivity contribution is 4.81. The van der Waals surface area contributed by atoms with Gasteiger partial charge in [-0.3, -0.25) is 0 Å². The van der Waals surface area contributed by atoms with Crippen LogP contribution in [0.1, 0.15) is 59.3 Å². The van der Waals surface area contributed by atoms with Crippen LogP contribution in [0.4, 0.5) is 0 Å². The summed E-state index contributed by atoms with van der Waals surface area (Å²) in [5.74, 6) is 0.895. The highest BCUT2D eigenvalue weighted by Crippen LogP contribution is 2.36. The first kappa shape index (κ1) is 17.9. The Morgan fingerprint density at radius 3 is 2.50 bits per heavy atom. The van der Waals surface area contributed by atoms with E-state index in [2.05, 4.69) is 26.1 Å². The van der Waals surface area contributed by atoms with Crippen molar-refractivity contribution >= 4 is 0 Å². The van der Waals surface area contributed by atoms with Gasteiger partial charge in [0.05, 0.1) is 13.2 Å². The van der Waals surface area contributed by atoms with E-state index in [0.717, 1.165) is 31.5 Å². The second-order valence-corrected chi connectivity index (χ2v) is 7.18. The summed E-state index contributed by atoms with van der Waals surface area (Å²) in [6.45, 7) is 10.5. The molecule has 3 nitrogen and oxygen atoms in total. The fourth-order valence-electron chi connectivity index (χ4n) is 3.10. The molecule has 1 aliphatic rings. The maximum atomic E-state index is 5.48. The average Bonchev–Trinajstić information content (AvgIpc) is 2.63. The first-order valence-electron chi connectivity index (χ1n) is 8.34. The summed E-state index contributed by atoms with van der Waals surface area (Å²) in [7, 11) is 1.71. The summed E-state index contributed by atoms with van der Waals surface area (Å²) in [5, 5.41) is 3.71. The van der Waals surface area contributed by atoms with Crippen LogP contribution < -0.4 is 5.32 Å². The topological polar surface area (TPSA) is 30.5 Å². The van der Waals surface area contributed by atoms with Gasteiger partial charge in [0.15, 0.2) is 0 Å². The molecular formula is C17H35NO2. The number of rotatable bonds is 8. The van der Waals surface area contributed by atoms with Crippen LogP contribution in [-0.4, -0.2) is 39.5 Å². The van der Waals surface area contributed by atoms with Gasteiger partial charge < -0.3 is 14.8 Å². The normalized spacial score (nSPS) is 24.6. The Kier molecular flexibility index (Phi) is 8.74. The van der Waals surface area contributed by atoms with Crippen molar-refractivity contribution in [1.82, 2.24) is 5.32 Å². The molecule has 0 bridgehead atoms. The van der Waals surface area contributed by atoms with Crippen LogP contribution in [-0.2, 0) is 9.47 Å². The number of hydrogen-bond acceptors (Lipinski definition) is 3. The van der Waals surface area contributed by atoms with E-state index in [-0.39, 0.29) is 0 Å². The largest absolute Gasteiger partial charge is 0.382 e. The lowest BCUT2D eigenvalue weighted by Crippen LogP contribution is -2.30. The molecule has 1 fully saturated rings. The van der Waals surface area contributed by atoms with Gasteiger partial charge in [-0.05, 0) is 50.0 Å². The van der Waals surface area contributed by atoms with Crippen LogP contribution in [0.15, 0.2) is 0 Å². The molecule has 0 radical (unpaired) electrons. The van der Waals surface area contributed by atoms with Crippen LogP contribution in [0, 0.1) is 11.3 Å². The molecule has 1 rings (SSSR count). The van der Waals surface area contributed by atoms with Crippen LogP contribution in [0.5, 0.6) is 0 Å². The van der Waals surface area contributed by atoms with Crippen molar-refractivity contribution in [2.24, 2.45) is 11.3 Å². The zero-order valence-electron chi connectivity index (χ0n) is 14.0. The number of nitrogens with one attached hydrogen (secondary N) is 1. The van der Waals surface area contributed by atoms with Crippen molar-refractivity contribution in [2.45, 2.75) is 65.3 Å². The van der Waals surface area contributed by atoms with Crippen LogP contribution in [0.2, 0.25) is 0 Å². The van der Waals surface area contributed by atoms with E-state index in [1.807, 2.05) is 0 Å². The molecule has 0 aliphatic heterocycles. The van der Waals surface area contributed by atoms with E-state index >= 15 is 0 Å². The SMILES string of the molecule is COCCOCCCNC1CCCC(C(C)(C)C)CC1. The predicted molar refractivity (Wildman–Crippen MR) is 85.1 cm³/mol. The summed E-state index contributed by atoms with van der Waals surface area (Å²) in [6, 6.07) is 0.723. The number of ether oxygens (including phenoxy) is 2. The lowest BCUT2D eigenvalue weighted by atomic mass is 9.76. The molecule has 3 heteroatoms. The van der Waals surface area contributed by atoms with Crippen LogP contribution in [0.3, 0.4) is 0 Å². The van der Waals surface area contributed by atoms with E-state index in [1.54, 1.807) is 7.11 Å². The molecule has 0 aromatic heterocycles. The van der Waals surface area contributed by atoms with Gasteiger partial charge in [0.25, 0.3) is 0 Å². The minimum absolute atomic E-state index is 0.476. The third-order valence-corrected chi connectivity index (χ3v) is 4.52. The Balaban J connectivity index is 2.07. The van der Waals surface area contributed by atoms with Crippen LogP contribution >= 0.6 is 0 Å². The zero-order chi connectivity index (χ0) is 14.8. The van der Waals surface area contributed by atoms with Gasteiger partial charge in [-0.2, -0.15) is 0 Å². The monoisotopic (exact) mass is 285 g/mol. The minimum atomic E-state index is 0.476. The quantitative estimate of drug-likeness (QED) is 0.546. The Morgan fingerprint density at radius 2 is 1.80 bits per heavy atom. The third-order valence-electron chi connectivity index (χ3n) is 4.52. The molecule has 0 amide bonds. The molecule has 0 saturated heterocycles. The number of methoxy groups -OCH3 is 1. The predicted octanol–water partition coefficient (Wildman–Crippen LogP) is 3.62.